The third-order valence-electron chi connectivity index (χ3n) is 4.40. The molecule has 0 atom stereocenters. The number of ether oxygens (including phenoxy) is 2. The molecule has 1 aromatic heterocycles. The normalized spacial score (nSPS) is 11.2. The van der Waals surface area contributed by atoms with Gasteiger partial charge in [-0.15, -0.1) is 0 Å². The number of benzene rings is 3. The lowest BCUT2D eigenvalue weighted by Crippen LogP contribution is -2.02. The largest absolute Gasteiger partial charge is 0.490 e. The van der Waals surface area contributed by atoms with Crippen LogP contribution in [0.2, 0.25) is 5.02 Å². The van der Waals surface area contributed by atoms with Crippen LogP contribution < -0.4 is 14.9 Å². The number of aromatic nitrogens is 2. The van der Waals surface area contributed by atoms with E-state index in [9.17, 15) is 0 Å². The predicted octanol–water partition coefficient (Wildman–Crippen LogP) is 6.40. The van der Waals surface area contributed by atoms with E-state index < -0.39 is 0 Å². The Balaban J connectivity index is 1.48. The third-order valence-corrected chi connectivity index (χ3v) is 5.24. The van der Waals surface area contributed by atoms with Crippen LogP contribution >= 0.6 is 27.5 Å². The Hall–Kier alpha value is -3.03. The van der Waals surface area contributed by atoms with E-state index in [0.29, 0.717) is 35.7 Å². The summed E-state index contributed by atoms with van der Waals surface area (Å²) in [5.41, 5.74) is 6.61. The summed E-state index contributed by atoms with van der Waals surface area (Å²) in [7, 11) is 0. The molecule has 4 rings (SSSR count). The van der Waals surface area contributed by atoms with E-state index in [-0.39, 0.29) is 0 Å². The highest BCUT2D eigenvalue weighted by Gasteiger charge is 2.12. The van der Waals surface area contributed by atoms with E-state index >= 15 is 0 Å². The van der Waals surface area contributed by atoms with Gasteiger partial charge in [-0.05, 0) is 70.4 Å². The van der Waals surface area contributed by atoms with E-state index in [1.807, 2.05) is 67.6 Å². The average molecular weight is 500 g/mol. The molecule has 2 N–H and O–H groups in total. The molecule has 0 saturated heterocycles. The highest BCUT2D eigenvalue weighted by atomic mass is 79.9. The molecule has 0 bridgehead atoms. The monoisotopic (exact) mass is 498 g/mol. The summed E-state index contributed by atoms with van der Waals surface area (Å²) in [6, 6.07) is 19.2. The van der Waals surface area contributed by atoms with Crippen LogP contribution in [0.1, 0.15) is 18.1 Å². The summed E-state index contributed by atoms with van der Waals surface area (Å²) in [4.78, 5) is 7.61. The molecule has 158 valence electrons. The number of fused-ring (bicyclic) bond motifs is 1. The maximum atomic E-state index is 6.02. The van der Waals surface area contributed by atoms with Gasteiger partial charge >= 0.3 is 0 Å². The minimum absolute atomic E-state index is 0.400. The van der Waals surface area contributed by atoms with Crippen molar-refractivity contribution in [3.63, 3.8) is 0 Å². The van der Waals surface area contributed by atoms with Crippen molar-refractivity contribution in [3.8, 4) is 11.5 Å². The van der Waals surface area contributed by atoms with E-state index in [4.69, 9.17) is 21.1 Å². The van der Waals surface area contributed by atoms with Crippen molar-refractivity contribution in [2.24, 2.45) is 5.10 Å². The molecule has 31 heavy (non-hydrogen) atoms. The van der Waals surface area contributed by atoms with Crippen LogP contribution in [0.5, 0.6) is 11.5 Å². The fourth-order valence-corrected chi connectivity index (χ4v) is 3.68. The Morgan fingerprint density at radius 2 is 1.94 bits per heavy atom. The first-order chi connectivity index (χ1) is 15.1. The Kier molecular flexibility index (Phi) is 6.74. The summed E-state index contributed by atoms with van der Waals surface area (Å²) < 4.78 is 12.6. The van der Waals surface area contributed by atoms with Crippen LogP contribution in [0, 0.1) is 0 Å². The number of nitrogens with zero attached hydrogens (tertiary/aromatic N) is 2. The van der Waals surface area contributed by atoms with Crippen LogP contribution in [0.15, 0.2) is 70.2 Å². The topological polar surface area (TPSA) is 71.5 Å². The number of H-pyrrole nitrogens is 1. The van der Waals surface area contributed by atoms with Crippen molar-refractivity contribution < 1.29 is 9.47 Å². The Bertz CT molecular complexity index is 1180. The molecule has 0 unspecified atom stereocenters. The molecule has 3 aromatic carbocycles. The van der Waals surface area contributed by atoms with Crippen LogP contribution in [-0.2, 0) is 6.61 Å². The van der Waals surface area contributed by atoms with E-state index in [0.717, 1.165) is 26.6 Å². The predicted molar refractivity (Wildman–Crippen MR) is 128 cm³/mol. The molecule has 0 saturated carbocycles. The van der Waals surface area contributed by atoms with Crippen molar-refractivity contribution in [1.29, 1.82) is 0 Å². The first kappa shape index (κ1) is 21.2. The van der Waals surface area contributed by atoms with E-state index in [1.54, 1.807) is 6.21 Å². The van der Waals surface area contributed by atoms with Crippen molar-refractivity contribution >= 4 is 50.7 Å². The van der Waals surface area contributed by atoms with Gasteiger partial charge in [-0.25, -0.2) is 10.4 Å². The smallest absolute Gasteiger partial charge is 0.222 e. The van der Waals surface area contributed by atoms with Crippen LogP contribution in [0.25, 0.3) is 11.0 Å². The number of hydrogen-bond donors (Lipinski definition) is 2. The van der Waals surface area contributed by atoms with Gasteiger partial charge in [0, 0.05) is 5.02 Å². The summed E-state index contributed by atoms with van der Waals surface area (Å²) in [5.74, 6) is 1.85. The SMILES string of the molecule is CCOc1cc(/C=N/Nc2nc3ccccc3[nH]2)cc(Br)c1OCc1ccc(Cl)cc1. The molecule has 4 aromatic rings. The second-order valence-electron chi connectivity index (χ2n) is 6.65. The zero-order valence-corrected chi connectivity index (χ0v) is 19.1. The van der Waals surface area contributed by atoms with E-state index in [1.165, 1.54) is 0 Å². The molecule has 0 spiro atoms. The second kappa shape index (κ2) is 9.85. The first-order valence-electron chi connectivity index (χ1n) is 9.70. The lowest BCUT2D eigenvalue weighted by atomic mass is 10.2. The maximum absolute atomic E-state index is 6.02. The Labute approximate surface area is 193 Å². The van der Waals surface area contributed by atoms with Crippen LogP contribution in [0.3, 0.4) is 0 Å². The van der Waals surface area contributed by atoms with Crippen molar-refractivity contribution in [1.82, 2.24) is 9.97 Å². The molecule has 0 aliphatic rings. The molecule has 0 amide bonds. The minimum Gasteiger partial charge on any atom is -0.490 e. The average Bonchev–Trinajstić information content (AvgIpc) is 3.17. The number of aromatic amines is 1. The number of halogens is 2. The quantitative estimate of drug-likeness (QED) is 0.217. The second-order valence-corrected chi connectivity index (χ2v) is 7.94. The first-order valence-corrected chi connectivity index (χ1v) is 10.9. The molecule has 6 nitrogen and oxygen atoms in total. The van der Waals surface area contributed by atoms with Crippen molar-refractivity contribution in [3.05, 3.63) is 81.3 Å². The molecule has 0 fully saturated rings. The summed E-state index contributed by atoms with van der Waals surface area (Å²) in [5, 5.41) is 4.98. The Morgan fingerprint density at radius 1 is 1.13 bits per heavy atom. The van der Waals surface area contributed by atoms with Gasteiger partial charge in [0.25, 0.3) is 0 Å². The van der Waals surface area contributed by atoms with E-state index in [2.05, 4.69) is 36.4 Å². The van der Waals surface area contributed by atoms with Crippen LogP contribution in [-0.4, -0.2) is 22.8 Å². The molecule has 1 heterocycles. The number of hydrazone groups is 1. The molecule has 0 aliphatic carbocycles. The molecular weight excluding hydrogens is 480 g/mol. The third kappa shape index (κ3) is 5.37. The maximum Gasteiger partial charge on any atom is 0.222 e. The molecule has 8 heteroatoms. The standard InChI is InChI=1S/C23H20BrClN4O2/c1-2-30-21-12-16(13-26-29-23-27-19-5-3-4-6-20(19)28-23)11-18(24)22(21)31-14-15-7-9-17(25)10-8-15/h3-13H,2,14H2,1H3,(H2,27,28,29)/b26-13+. The fraction of sp³-hybridized carbons (Fsp3) is 0.130. The summed E-state index contributed by atoms with van der Waals surface area (Å²) in [6.45, 7) is 2.85. The number of hydrogen-bond acceptors (Lipinski definition) is 5. The number of rotatable bonds is 8. The van der Waals surface area contributed by atoms with Gasteiger partial charge in [0.2, 0.25) is 5.95 Å². The number of imidazole rings is 1. The van der Waals surface area contributed by atoms with Gasteiger partial charge in [-0.3, -0.25) is 0 Å². The lowest BCUT2D eigenvalue weighted by molar-refractivity contribution is 0.267. The van der Waals surface area contributed by atoms with Gasteiger partial charge in [0.05, 0.1) is 28.3 Å². The molecule has 0 aliphatic heterocycles. The fourth-order valence-electron chi connectivity index (χ4n) is 2.98. The lowest BCUT2D eigenvalue weighted by Gasteiger charge is -2.14. The van der Waals surface area contributed by atoms with Gasteiger partial charge in [-0.1, -0.05) is 35.9 Å². The highest BCUT2D eigenvalue weighted by molar-refractivity contribution is 9.10. The van der Waals surface area contributed by atoms with Gasteiger partial charge < -0.3 is 14.5 Å². The number of anilines is 1. The zero-order valence-electron chi connectivity index (χ0n) is 16.7. The summed E-state index contributed by atoms with van der Waals surface area (Å²) >= 11 is 9.53. The minimum atomic E-state index is 0.400. The summed E-state index contributed by atoms with van der Waals surface area (Å²) in [6.07, 6.45) is 1.70. The highest BCUT2D eigenvalue weighted by Crippen LogP contribution is 2.37. The van der Waals surface area contributed by atoms with Crippen molar-refractivity contribution in [2.75, 3.05) is 12.0 Å². The van der Waals surface area contributed by atoms with Gasteiger partial charge in [0.1, 0.15) is 6.61 Å². The van der Waals surface area contributed by atoms with Crippen molar-refractivity contribution in [2.45, 2.75) is 13.5 Å². The molecule has 0 radical (unpaired) electrons. The number of para-hydroxylation sites is 2. The van der Waals surface area contributed by atoms with Gasteiger partial charge in [-0.2, -0.15) is 5.10 Å². The zero-order chi connectivity index (χ0) is 21.6. The number of nitrogens with one attached hydrogen (secondary N) is 2. The Morgan fingerprint density at radius 3 is 2.71 bits per heavy atom. The van der Waals surface area contributed by atoms with Crippen LogP contribution in [0.4, 0.5) is 5.95 Å². The molecular formula is C23H20BrClN4O2. The van der Waals surface area contributed by atoms with Gasteiger partial charge in [0.15, 0.2) is 11.5 Å².